The number of nitrogens with zero attached hydrogens (tertiary/aromatic N) is 2. The van der Waals surface area contributed by atoms with E-state index in [9.17, 15) is 0 Å². The number of fused-ring (bicyclic) bond motifs is 5. The van der Waals surface area contributed by atoms with E-state index in [0.29, 0.717) is 11.8 Å². The average Bonchev–Trinajstić information content (AvgIpc) is 3.08. The molecule has 0 fully saturated rings. The highest BCUT2D eigenvalue weighted by Gasteiger charge is 2.30. The van der Waals surface area contributed by atoms with Crippen molar-refractivity contribution in [3.8, 4) is 11.4 Å². The molecule has 2 nitrogen and oxygen atoms in total. The molecule has 6 rings (SSSR count). The minimum Gasteiger partial charge on any atom is -0.246 e. The fourth-order valence-corrected chi connectivity index (χ4v) is 4.51. The molecule has 27 heavy (non-hydrogen) atoms. The Bertz CT molecular complexity index is 1270. The van der Waals surface area contributed by atoms with Crippen LogP contribution >= 0.6 is 0 Å². The Morgan fingerprint density at radius 3 is 2.41 bits per heavy atom. The van der Waals surface area contributed by atoms with Gasteiger partial charge in [0.25, 0.3) is 0 Å². The number of para-hydroxylation sites is 1. The molecule has 2 heteroatoms. The number of aromatic nitrogens is 2. The van der Waals surface area contributed by atoms with E-state index in [4.69, 9.17) is 9.97 Å². The zero-order chi connectivity index (χ0) is 17.8. The topological polar surface area (TPSA) is 25.8 Å². The van der Waals surface area contributed by atoms with E-state index >= 15 is 0 Å². The van der Waals surface area contributed by atoms with Crippen LogP contribution in [0.25, 0.3) is 33.2 Å². The summed E-state index contributed by atoms with van der Waals surface area (Å²) in [5.74, 6) is 1.12. The van der Waals surface area contributed by atoms with Crippen molar-refractivity contribution >= 4 is 21.8 Å². The zero-order valence-corrected chi connectivity index (χ0v) is 14.8. The molecule has 0 bridgehead atoms. The smallest absolute Gasteiger partial charge is 0.0894 e. The Kier molecular flexibility index (Phi) is 3.09. The van der Waals surface area contributed by atoms with Crippen molar-refractivity contribution in [3.63, 3.8) is 0 Å². The molecule has 0 amide bonds. The molecule has 2 atom stereocenters. The van der Waals surface area contributed by atoms with Crippen molar-refractivity contribution in [2.45, 2.75) is 12.3 Å². The third kappa shape index (κ3) is 2.33. The van der Waals surface area contributed by atoms with E-state index in [1.54, 1.807) is 0 Å². The van der Waals surface area contributed by atoms with Crippen LogP contribution in [0.3, 0.4) is 0 Å². The van der Waals surface area contributed by atoms with Crippen molar-refractivity contribution in [1.29, 1.82) is 0 Å². The van der Waals surface area contributed by atoms with E-state index in [1.165, 1.54) is 16.5 Å². The van der Waals surface area contributed by atoms with Crippen LogP contribution in [0, 0.1) is 5.92 Å². The first-order valence-electron chi connectivity index (χ1n) is 9.50. The molecule has 2 aliphatic rings. The number of pyridine rings is 2. The fraction of sp³-hybridized carbons (Fsp3) is 0.120. The summed E-state index contributed by atoms with van der Waals surface area (Å²) in [6, 6.07) is 21.3. The lowest BCUT2D eigenvalue weighted by molar-refractivity contribution is 0.630. The monoisotopic (exact) mass is 346 g/mol. The molecule has 4 aromatic rings. The average molecular weight is 346 g/mol. The molecule has 2 unspecified atom stereocenters. The van der Waals surface area contributed by atoms with Crippen molar-refractivity contribution in [2.75, 3.05) is 0 Å². The summed E-state index contributed by atoms with van der Waals surface area (Å²) in [6.07, 6.45) is 10.1. The molecular weight excluding hydrogens is 328 g/mol. The molecule has 128 valence electrons. The largest absolute Gasteiger partial charge is 0.246 e. The molecule has 0 saturated heterocycles. The van der Waals surface area contributed by atoms with Gasteiger partial charge in [0, 0.05) is 16.7 Å². The van der Waals surface area contributed by atoms with Gasteiger partial charge in [-0.25, -0.2) is 9.97 Å². The van der Waals surface area contributed by atoms with Gasteiger partial charge in [-0.05, 0) is 53.8 Å². The van der Waals surface area contributed by atoms with Gasteiger partial charge in [0.2, 0.25) is 0 Å². The molecule has 2 aromatic carbocycles. The van der Waals surface area contributed by atoms with Crippen LogP contribution < -0.4 is 0 Å². The minimum absolute atomic E-state index is 0.524. The van der Waals surface area contributed by atoms with Gasteiger partial charge in [0.05, 0.1) is 22.4 Å². The highest BCUT2D eigenvalue weighted by Crippen LogP contribution is 2.42. The maximum Gasteiger partial charge on any atom is 0.0894 e. The van der Waals surface area contributed by atoms with E-state index < -0.39 is 0 Å². The van der Waals surface area contributed by atoms with Gasteiger partial charge in [0.1, 0.15) is 0 Å². The lowest BCUT2D eigenvalue weighted by atomic mass is 9.89. The van der Waals surface area contributed by atoms with Crippen LogP contribution in [0.4, 0.5) is 0 Å². The molecular formula is C25H18N2. The quantitative estimate of drug-likeness (QED) is 0.433. The Morgan fingerprint density at radius 1 is 0.704 bits per heavy atom. The van der Waals surface area contributed by atoms with Crippen LogP contribution in [-0.2, 0) is 6.42 Å². The Morgan fingerprint density at radius 2 is 1.48 bits per heavy atom. The second-order valence-corrected chi connectivity index (χ2v) is 7.49. The fourth-order valence-electron chi connectivity index (χ4n) is 4.51. The second kappa shape index (κ2) is 5.62. The van der Waals surface area contributed by atoms with Crippen LogP contribution in [0.5, 0.6) is 0 Å². The summed E-state index contributed by atoms with van der Waals surface area (Å²) in [4.78, 5) is 9.75. The first-order chi connectivity index (χ1) is 13.3. The maximum atomic E-state index is 4.95. The van der Waals surface area contributed by atoms with Gasteiger partial charge in [-0.1, -0.05) is 54.6 Å². The van der Waals surface area contributed by atoms with E-state index in [-0.39, 0.29) is 0 Å². The van der Waals surface area contributed by atoms with Crippen molar-refractivity contribution in [3.05, 3.63) is 96.1 Å². The lowest BCUT2D eigenvalue weighted by Crippen LogP contribution is -2.04. The van der Waals surface area contributed by atoms with E-state index in [0.717, 1.165) is 34.2 Å². The third-order valence-corrected chi connectivity index (χ3v) is 5.87. The van der Waals surface area contributed by atoms with Crippen LogP contribution in [-0.4, -0.2) is 9.97 Å². The molecule has 2 aliphatic carbocycles. The third-order valence-electron chi connectivity index (χ3n) is 5.87. The SMILES string of the molecule is C1=CC2Cc3cc4nc(-c5ccc6ccccc6n5)ccc4cc3C2C=C1. The second-order valence-electron chi connectivity index (χ2n) is 7.49. The van der Waals surface area contributed by atoms with Crippen molar-refractivity contribution < 1.29 is 0 Å². The van der Waals surface area contributed by atoms with Crippen LogP contribution in [0.2, 0.25) is 0 Å². The number of hydrogen-bond donors (Lipinski definition) is 0. The van der Waals surface area contributed by atoms with Crippen molar-refractivity contribution in [2.24, 2.45) is 5.92 Å². The summed E-state index contributed by atoms with van der Waals surface area (Å²) < 4.78 is 0. The number of rotatable bonds is 1. The zero-order valence-electron chi connectivity index (χ0n) is 14.8. The standard InChI is InChI=1S/C25H18N2/c1-3-7-20-17(6-1)13-19-15-25-18(14-21(19)20)10-12-24(27-25)23-11-9-16-5-2-4-8-22(16)26-23/h1-12,14-15,17,20H,13H2. The van der Waals surface area contributed by atoms with Gasteiger partial charge in [-0.15, -0.1) is 0 Å². The molecule has 0 saturated carbocycles. The van der Waals surface area contributed by atoms with Crippen LogP contribution in [0.15, 0.2) is 85.0 Å². The Balaban J connectivity index is 1.47. The summed E-state index contributed by atoms with van der Waals surface area (Å²) in [5, 5.41) is 2.37. The predicted molar refractivity (Wildman–Crippen MR) is 111 cm³/mol. The Hall–Kier alpha value is -3.26. The van der Waals surface area contributed by atoms with Gasteiger partial charge in [-0.3, -0.25) is 0 Å². The number of hydrogen-bond acceptors (Lipinski definition) is 2. The normalized spacial score (nSPS) is 20.1. The summed E-state index contributed by atoms with van der Waals surface area (Å²) >= 11 is 0. The van der Waals surface area contributed by atoms with Crippen LogP contribution in [0.1, 0.15) is 17.0 Å². The Labute approximate surface area is 157 Å². The van der Waals surface area contributed by atoms with E-state index in [1.807, 2.05) is 12.1 Å². The van der Waals surface area contributed by atoms with E-state index in [2.05, 4.69) is 72.8 Å². The molecule has 0 radical (unpaired) electrons. The predicted octanol–water partition coefficient (Wildman–Crippen LogP) is 5.83. The first-order valence-corrected chi connectivity index (χ1v) is 9.50. The number of benzene rings is 2. The molecule has 0 spiro atoms. The summed E-state index contributed by atoms with van der Waals surface area (Å²) in [6.45, 7) is 0. The van der Waals surface area contributed by atoms with Gasteiger partial charge in [0.15, 0.2) is 0 Å². The highest BCUT2D eigenvalue weighted by molar-refractivity contribution is 5.85. The minimum atomic E-state index is 0.524. The molecule has 0 N–H and O–H groups in total. The maximum absolute atomic E-state index is 4.95. The molecule has 2 heterocycles. The first kappa shape index (κ1) is 14.9. The van der Waals surface area contributed by atoms with Gasteiger partial charge >= 0.3 is 0 Å². The summed E-state index contributed by atoms with van der Waals surface area (Å²) in [7, 11) is 0. The van der Waals surface area contributed by atoms with Gasteiger partial charge in [-0.2, -0.15) is 0 Å². The van der Waals surface area contributed by atoms with Gasteiger partial charge < -0.3 is 0 Å². The summed E-state index contributed by atoms with van der Waals surface area (Å²) in [5.41, 5.74) is 6.83. The molecule has 2 aromatic heterocycles. The molecule has 0 aliphatic heterocycles. The van der Waals surface area contributed by atoms with Crippen molar-refractivity contribution in [1.82, 2.24) is 9.97 Å². The lowest BCUT2D eigenvalue weighted by Gasteiger charge is -2.15. The highest BCUT2D eigenvalue weighted by atomic mass is 14.8. The number of allylic oxidation sites excluding steroid dienone is 4.